The maximum atomic E-state index is 12.9. The fourth-order valence-electron chi connectivity index (χ4n) is 2.15. The van der Waals surface area contributed by atoms with Crippen LogP contribution >= 0.6 is 34.7 Å². The highest BCUT2D eigenvalue weighted by molar-refractivity contribution is 8.01. The number of anilines is 2. The molecule has 29 heavy (non-hydrogen) atoms. The smallest absolute Gasteiger partial charge is 0.271 e. The predicted octanol–water partition coefficient (Wildman–Crippen LogP) is 4.58. The van der Waals surface area contributed by atoms with Gasteiger partial charge in [0, 0.05) is 18.7 Å². The van der Waals surface area contributed by atoms with Crippen molar-refractivity contribution in [3.05, 3.63) is 69.0 Å². The zero-order valence-electron chi connectivity index (χ0n) is 14.6. The van der Waals surface area contributed by atoms with Gasteiger partial charge in [-0.05, 0) is 23.8 Å². The molecule has 2 N–H and O–H groups in total. The van der Waals surface area contributed by atoms with Crippen LogP contribution in [-0.2, 0) is 11.3 Å². The van der Waals surface area contributed by atoms with Crippen molar-refractivity contribution in [3.63, 3.8) is 0 Å². The summed E-state index contributed by atoms with van der Waals surface area (Å²) in [7, 11) is 0. The fourth-order valence-corrected chi connectivity index (χ4v) is 3.92. The van der Waals surface area contributed by atoms with Crippen molar-refractivity contribution < 1.29 is 14.1 Å². The summed E-state index contributed by atoms with van der Waals surface area (Å²) in [4.78, 5) is 22.2. The number of nitro benzene ring substituents is 1. The van der Waals surface area contributed by atoms with Gasteiger partial charge in [0.15, 0.2) is 4.34 Å². The lowest BCUT2D eigenvalue weighted by atomic mass is 10.2. The van der Waals surface area contributed by atoms with E-state index < -0.39 is 4.92 Å². The van der Waals surface area contributed by atoms with Gasteiger partial charge in [-0.25, -0.2) is 4.39 Å². The number of halogens is 2. The number of nitrogens with zero attached hydrogens (tertiary/aromatic N) is 3. The van der Waals surface area contributed by atoms with Crippen molar-refractivity contribution in [1.29, 1.82) is 0 Å². The number of carbonyl (C=O) groups is 1. The maximum Gasteiger partial charge on any atom is 0.271 e. The molecule has 0 unspecified atom stereocenters. The molecule has 1 amide bonds. The molecule has 0 aliphatic rings. The highest BCUT2D eigenvalue weighted by atomic mass is 35.5. The number of hydrogen-bond donors (Lipinski definition) is 2. The largest absolute Gasteiger partial charge is 0.356 e. The Labute approximate surface area is 177 Å². The van der Waals surface area contributed by atoms with E-state index in [0.717, 1.165) is 5.56 Å². The molecule has 8 nitrogen and oxygen atoms in total. The molecule has 0 aliphatic heterocycles. The van der Waals surface area contributed by atoms with Gasteiger partial charge in [-0.3, -0.25) is 14.9 Å². The topological polar surface area (TPSA) is 110 Å². The highest BCUT2D eigenvalue weighted by Crippen LogP contribution is 2.28. The third-order valence-electron chi connectivity index (χ3n) is 3.53. The first-order chi connectivity index (χ1) is 13.9. The van der Waals surface area contributed by atoms with Crippen LogP contribution in [0.15, 0.2) is 46.8 Å². The second-order valence-electron chi connectivity index (χ2n) is 5.61. The zero-order valence-corrected chi connectivity index (χ0v) is 17.0. The van der Waals surface area contributed by atoms with Gasteiger partial charge >= 0.3 is 0 Å². The van der Waals surface area contributed by atoms with Crippen LogP contribution in [0.3, 0.4) is 0 Å². The molecule has 150 valence electrons. The molecule has 0 fully saturated rings. The normalized spacial score (nSPS) is 10.6. The summed E-state index contributed by atoms with van der Waals surface area (Å²) >= 11 is 8.44. The van der Waals surface area contributed by atoms with Crippen LogP contribution in [0.25, 0.3) is 0 Å². The van der Waals surface area contributed by atoms with Crippen LogP contribution in [0.1, 0.15) is 5.56 Å². The Morgan fingerprint density at radius 1 is 1.24 bits per heavy atom. The fraction of sp³-hybridized carbons (Fsp3) is 0.118. The van der Waals surface area contributed by atoms with Crippen molar-refractivity contribution in [1.82, 2.24) is 10.2 Å². The second kappa shape index (κ2) is 9.63. The Morgan fingerprint density at radius 3 is 2.69 bits per heavy atom. The molecule has 0 spiro atoms. The van der Waals surface area contributed by atoms with Gasteiger partial charge in [0.25, 0.3) is 5.69 Å². The summed E-state index contributed by atoms with van der Waals surface area (Å²) < 4.78 is 13.5. The number of carbonyl (C=O) groups excluding carboxylic acids is 1. The summed E-state index contributed by atoms with van der Waals surface area (Å²) in [6.45, 7) is 0.471. The van der Waals surface area contributed by atoms with E-state index in [9.17, 15) is 19.3 Å². The summed E-state index contributed by atoms with van der Waals surface area (Å²) in [5.41, 5.74) is 1.04. The maximum absolute atomic E-state index is 12.9. The van der Waals surface area contributed by atoms with Crippen LogP contribution in [0.2, 0.25) is 5.02 Å². The predicted molar refractivity (Wildman–Crippen MR) is 111 cm³/mol. The standard InChI is InChI=1S/C17H13ClFN5O3S2/c18-13-7-12(24(26)27)5-6-14(13)21-15(25)9-28-17-23-22-16(29-17)20-8-10-1-3-11(19)4-2-10/h1-7H,8-9H2,(H,20,22)(H,21,25). The van der Waals surface area contributed by atoms with Crippen LogP contribution in [-0.4, -0.2) is 26.8 Å². The van der Waals surface area contributed by atoms with Gasteiger partial charge in [-0.2, -0.15) is 0 Å². The Bertz CT molecular complexity index is 1030. The summed E-state index contributed by atoms with van der Waals surface area (Å²) in [5, 5.41) is 25.1. The lowest BCUT2D eigenvalue weighted by Gasteiger charge is -2.06. The van der Waals surface area contributed by atoms with E-state index in [-0.39, 0.29) is 28.2 Å². The number of nitro groups is 1. The van der Waals surface area contributed by atoms with Crippen molar-refractivity contribution in [3.8, 4) is 0 Å². The number of hydrogen-bond acceptors (Lipinski definition) is 8. The van der Waals surface area contributed by atoms with E-state index in [1.54, 1.807) is 12.1 Å². The molecule has 1 aromatic heterocycles. The summed E-state index contributed by atoms with van der Waals surface area (Å²) in [6.07, 6.45) is 0. The molecule has 3 aromatic rings. The Hall–Kier alpha value is -2.76. The van der Waals surface area contributed by atoms with Crippen molar-refractivity contribution in [2.75, 3.05) is 16.4 Å². The third-order valence-corrected chi connectivity index (χ3v) is 5.85. The van der Waals surface area contributed by atoms with E-state index in [2.05, 4.69) is 20.8 Å². The minimum Gasteiger partial charge on any atom is -0.356 e. The van der Waals surface area contributed by atoms with Gasteiger partial charge in [-0.1, -0.05) is 46.8 Å². The monoisotopic (exact) mass is 453 g/mol. The second-order valence-corrected chi connectivity index (χ2v) is 8.22. The number of thioether (sulfide) groups is 1. The minimum absolute atomic E-state index is 0.0694. The number of non-ortho nitro benzene ring substituents is 1. The average molecular weight is 454 g/mol. The quantitative estimate of drug-likeness (QED) is 0.291. The lowest BCUT2D eigenvalue weighted by Crippen LogP contribution is -2.14. The SMILES string of the molecule is O=C(CSc1nnc(NCc2ccc(F)cc2)s1)Nc1ccc([N+](=O)[O-])cc1Cl. The van der Waals surface area contributed by atoms with E-state index in [1.165, 1.54) is 53.4 Å². The number of nitrogens with one attached hydrogen (secondary N) is 2. The van der Waals surface area contributed by atoms with E-state index in [4.69, 9.17) is 11.6 Å². The first kappa shape index (κ1) is 21.0. The number of rotatable bonds is 8. The molecule has 0 bridgehead atoms. The van der Waals surface area contributed by atoms with E-state index in [0.29, 0.717) is 21.7 Å². The minimum atomic E-state index is -0.565. The molecule has 0 radical (unpaired) electrons. The van der Waals surface area contributed by atoms with Gasteiger partial charge in [0.1, 0.15) is 5.82 Å². The Balaban J connectivity index is 1.48. The zero-order chi connectivity index (χ0) is 20.8. The van der Waals surface area contributed by atoms with Gasteiger partial charge in [0.05, 0.1) is 21.4 Å². The van der Waals surface area contributed by atoms with E-state index in [1.807, 2.05) is 0 Å². The van der Waals surface area contributed by atoms with Crippen molar-refractivity contribution >= 4 is 57.1 Å². The molecule has 2 aromatic carbocycles. The molecule has 1 heterocycles. The molecule has 0 saturated heterocycles. The van der Waals surface area contributed by atoms with Crippen LogP contribution in [0.5, 0.6) is 0 Å². The number of aromatic nitrogens is 2. The van der Waals surface area contributed by atoms with Crippen molar-refractivity contribution in [2.45, 2.75) is 10.9 Å². The van der Waals surface area contributed by atoms with Gasteiger partial charge in [-0.15, -0.1) is 10.2 Å². The molecular formula is C17H13ClFN5O3S2. The summed E-state index contributed by atoms with van der Waals surface area (Å²) in [6, 6.07) is 9.93. The third kappa shape index (κ3) is 6.11. The summed E-state index contributed by atoms with van der Waals surface area (Å²) in [5.74, 6) is -0.557. The highest BCUT2D eigenvalue weighted by Gasteiger charge is 2.13. The molecule has 0 atom stereocenters. The van der Waals surface area contributed by atoms with Crippen molar-refractivity contribution in [2.24, 2.45) is 0 Å². The molecule has 3 rings (SSSR count). The first-order valence-electron chi connectivity index (χ1n) is 8.09. The van der Waals surface area contributed by atoms with Crippen LogP contribution < -0.4 is 10.6 Å². The van der Waals surface area contributed by atoms with Crippen LogP contribution in [0.4, 0.5) is 20.9 Å². The van der Waals surface area contributed by atoms with Gasteiger partial charge in [0.2, 0.25) is 11.0 Å². The Morgan fingerprint density at radius 2 is 2.00 bits per heavy atom. The Kier molecular flexibility index (Phi) is 6.96. The number of benzene rings is 2. The molecular weight excluding hydrogens is 441 g/mol. The van der Waals surface area contributed by atoms with Gasteiger partial charge < -0.3 is 10.6 Å². The van der Waals surface area contributed by atoms with E-state index >= 15 is 0 Å². The first-order valence-corrected chi connectivity index (χ1v) is 10.3. The number of amides is 1. The molecule has 0 aliphatic carbocycles. The average Bonchev–Trinajstić information content (AvgIpc) is 3.15. The molecule has 0 saturated carbocycles. The van der Waals surface area contributed by atoms with Crippen LogP contribution in [0, 0.1) is 15.9 Å². The lowest BCUT2D eigenvalue weighted by molar-refractivity contribution is -0.384. The molecule has 12 heteroatoms.